The van der Waals surface area contributed by atoms with Crippen LogP contribution in [0.25, 0.3) is 16.9 Å². The summed E-state index contributed by atoms with van der Waals surface area (Å²) >= 11 is 0. The number of unbranched alkanes of at least 4 members (excludes halogenated alkanes) is 6. The fourth-order valence-electron chi connectivity index (χ4n) is 8.12. The Kier molecular flexibility index (Phi) is 11.9. The highest BCUT2D eigenvalue weighted by molar-refractivity contribution is 6.25. The highest BCUT2D eigenvalue weighted by Gasteiger charge is 2.45. The van der Waals surface area contributed by atoms with Gasteiger partial charge in [0.25, 0.3) is 11.8 Å². The number of benzene rings is 2. The number of carbonyl (C=O) groups excluding carboxylic acids is 5. The molecule has 16 nitrogen and oxygen atoms in total. The van der Waals surface area contributed by atoms with Gasteiger partial charge in [0.2, 0.25) is 17.7 Å². The smallest absolute Gasteiger partial charge is 0.264 e. The first-order valence-electron chi connectivity index (χ1n) is 20.5. The number of nitrogens with zero attached hydrogens (tertiary/aromatic N) is 7. The molecule has 306 valence electrons. The predicted molar refractivity (Wildman–Crippen MR) is 220 cm³/mol. The van der Waals surface area contributed by atoms with Crippen molar-refractivity contribution in [3.8, 4) is 11.3 Å². The minimum absolute atomic E-state index is 0.0860. The van der Waals surface area contributed by atoms with E-state index in [1.165, 1.54) is 0 Å². The molecule has 0 aliphatic carbocycles. The Balaban J connectivity index is 0.702. The minimum atomic E-state index is -0.982. The zero-order valence-corrected chi connectivity index (χ0v) is 32.9. The number of fused-ring (bicyclic) bond motifs is 2. The molecule has 3 aliphatic rings. The maximum absolute atomic E-state index is 13.3. The number of imide groups is 2. The third-order valence-corrected chi connectivity index (χ3v) is 11.3. The first-order chi connectivity index (χ1) is 28.9. The van der Waals surface area contributed by atoms with E-state index in [2.05, 4.69) is 55.3 Å². The van der Waals surface area contributed by atoms with Crippen molar-refractivity contribution in [3.63, 3.8) is 0 Å². The lowest BCUT2D eigenvalue weighted by Gasteiger charge is -2.36. The molecule has 0 spiro atoms. The van der Waals surface area contributed by atoms with Crippen molar-refractivity contribution in [2.45, 2.75) is 76.8 Å². The van der Waals surface area contributed by atoms with Crippen molar-refractivity contribution in [1.29, 1.82) is 0 Å². The number of hydrogen-bond acceptors (Lipinski definition) is 12. The van der Waals surface area contributed by atoms with Crippen LogP contribution in [-0.4, -0.2) is 97.7 Å². The van der Waals surface area contributed by atoms with Gasteiger partial charge in [0, 0.05) is 62.5 Å². The van der Waals surface area contributed by atoms with E-state index in [4.69, 9.17) is 9.40 Å². The Bertz CT molecular complexity index is 2320. The van der Waals surface area contributed by atoms with Crippen LogP contribution in [0.4, 0.5) is 17.2 Å². The molecule has 8 rings (SSSR count). The Labute approximate surface area is 341 Å². The number of piperazine rings is 1. The van der Waals surface area contributed by atoms with E-state index in [1.54, 1.807) is 37.0 Å². The van der Waals surface area contributed by atoms with Gasteiger partial charge in [-0.15, -0.1) is 10.2 Å². The Morgan fingerprint density at radius 2 is 1.63 bits per heavy atom. The van der Waals surface area contributed by atoms with Crippen LogP contribution in [0, 0.1) is 0 Å². The molecule has 0 radical (unpaired) electrons. The van der Waals surface area contributed by atoms with Crippen LogP contribution in [0.1, 0.15) is 90.7 Å². The maximum Gasteiger partial charge on any atom is 0.264 e. The number of anilines is 3. The number of amides is 5. The van der Waals surface area contributed by atoms with E-state index in [1.807, 2.05) is 21.4 Å². The topological polar surface area (TPSA) is 187 Å². The molecule has 16 heteroatoms. The number of rotatable bonds is 17. The second-order valence-electron chi connectivity index (χ2n) is 15.2. The largest absolute Gasteiger partial charge is 0.467 e. The average molecular weight is 801 g/mol. The third kappa shape index (κ3) is 8.66. The number of nitrogens with one attached hydrogen (secondary N) is 3. The van der Waals surface area contributed by atoms with Crippen molar-refractivity contribution in [2.24, 2.45) is 0 Å². The van der Waals surface area contributed by atoms with Crippen LogP contribution in [0.2, 0.25) is 0 Å². The molecule has 1 unspecified atom stereocenters. The molecule has 2 fully saturated rings. The van der Waals surface area contributed by atoms with Gasteiger partial charge in [0.05, 0.1) is 30.1 Å². The highest BCUT2D eigenvalue weighted by Crippen LogP contribution is 2.33. The Morgan fingerprint density at radius 3 is 2.39 bits per heavy atom. The van der Waals surface area contributed by atoms with Crippen LogP contribution in [0.5, 0.6) is 0 Å². The molecule has 3 N–H and O–H groups in total. The number of piperidine rings is 1. The average Bonchev–Trinajstić information content (AvgIpc) is 4.02. The molecule has 5 aromatic rings. The van der Waals surface area contributed by atoms with Crippen LogP contribution in [0.15, 0.2) is 77.8 Å². The predicted octanol–water partition coefficient (Wildman–Crippen LogP) is 5.28. The Morgan fingerprint density at radius 1 is 0.847 bits per heavy atom. The van der Waals surface area contributed by atoms with E-state index in [0.717, 1.165) is 91.5 Å². The van der Waals surface area contributed by atoms with Gasteiger partial charge in [-0.2, -0.15) is 0 Å². The molecule has 0 bridgehead atoms. The zero-order valence-electron chi connectivity index (χ0n) is 32.9. The number of aromatic nitrogens is 4. The van der Waals surface area contributed by atoms with Crippen molar-refractivity contribution >= 4 is 52.4 Å². The summed E-state index contributed by atoms with van der Waals surface area (Å²) in [4.78, 5) is 73.3. The van der Waals surface area contributed by atoms with Crippen molar-refractivity contribution in [1.82, 2.24) is 34.7 Å². The quantitative estimate of drug-likeness (QED) is 0.0818. The van der Waals surface area contributed by atoms with Gasteiger partial charge in [-0.05, 0) is 55.7 Å². The summed E-state index contributed by atoms with van der Waals surface area (Å²) in [5, 5.41) is 17.3. The molecule has 6 heterocycles. The Hall–Kier alpha value is -6.58. The molecule has 2 aromatic carbocycles. The fraction of sp³-hybridized carbons (Fsp3) is 0.395. The highest BCUT2D eigenvalue weighted by atomic mass is 16.3. The summed E-state index contributed by atoms with van der Waals surface area (Å²) < 4.78 is 7.31. The van der Waals surface area contributed by atoms with Gasteiger partial charge in [-0.1, -0.05) is 50.3 Å². The lowest BCUT2D eigenvalue weighted by Crippen LogP contribution is -2.54. The van der Waals surface area contributed by atoms with Crippen LogP contribution in [0.3, 0.4) is 0 Å². The van der Waals surface area contributed by atoms with Gasteiger partial charge in [-0.3, -0.25) is 38.6 Å². The van der Waals surface area contributed by atoms with Gasteiger partial charge in [-0.25, -0.2) is 4.98 Å². The molecule has 5 amide bonds. The summed E-state index contributed by atoms with van der Waals surface area (Å²) in [6.45, 7) is 4.15. The molecule has 59 heavy (non-hydrogen) atoms. The molecule has 2 saturated heterocycles. The lowest BCUT2D eigenvalue weighted by atomic mass is 10.0. The molecule has 1 atom stereocenters. The molecule has 3 aliphatic heterocycles. The number of furan rings is 1. The maximum atomic E-state index is 13.3. The first kappa shape index (κ1) is 39.3. The fourth-order valence-corrected chi connectivity index (χ4v) is 8.12. The number of carbonyl (C=O) groups is 5. The van der Waals surface area contributed by atoms with E-state index in [9.17, 15) is 24.0 Å². The zero-order chi connectivity index (χ0) is 40.7. The van der Waals surface area contributed by atoms with Crippen LogP contribution < -0.4 is 20.9 Å². The van der Waals surface area contributed by atoms with Crippen molar-refractivity contribution < 1.29 is 28.4 Å². The standard InChI is InChI=1S/C43H48N10O6/c54-36-19-18-34(41(56)48-36)53-42(57)32-11-8-12-33(38(32)43(53)58)44-20-7-5-3-1-2-4-6-13-37(55)51-23-21-50(22-24-51)30-16-14-29(15-17-30)39-40-49-47-28-52(40)35(27-46-39)45-26-31-10-9-25-59-31/h8-12,14-17,25,27-28,34,44-45H,1-7,13,18-24,26H2,(H,48,54,56). The van der Waals surface area contributed by atoms with E-state index in [-0.39, 0.29) is 29.9 Å². The third-order valence-electron chi connectivity index (χ3n) is 11.3. The van der Waals surface area contributed by atoms with Crippen molar-refractivity contribution in [3.05, 3.63) is 90.3 Å². The summed E-state index contributed by atoms with van der Waals surface area (Å²) in [5.41, 5.74) is 4.60. The lowest BCUT2D eigenvalue weighted by molar-refractivity contribution is -0.136. The second-order valence-corrected chi connectivity index (χ2v) is 15.2. The summed E-state index contributed by atoms with van der Waals surface area (Å²) in [6.07, 6.45) is 13.0. The van der Waals surface area contributed by atoms with Gasteiger partial charge >= 0.3 is 0 Å². The normalized spacial score (nSPS) is 16.8. The molecular formula is C43H48N10O6. The van der Waals surface area contributed by atoms with Crippen molar-refractivity contribution in [2.75, 3.05) is 48.3 Å². The van der Waals surface area contributed by atoms with Gasteiger partial charge in [0.1, 0.15) is 29.6 Å². The van der Waals surface area contributed by atoms with E-state index in [0.29, 0.717) is 43.9 Å². The first-order valence-corrected chi connectivity index (χ1v) is 20.5. The van der Waals surface area contributed by atoms with E-state index >= 15 is 0 Å². The monoisotopic (exact) mass is 800 g/mol. The summed E-state index contributed by atoms with van der Waals surface area (Å²) in [6, 6.07) is 16.2. The van der Waals surface area contributed by atoms with E-state index < -0.39 is 29.7 Å². The van der Waals surface area contributed by atoms with Crippen LogP contribution >= 0.6 is 0 Å². The second kappa shape index (κ2) is 17.9. The van der Waals surface area contributed by atoms with Crippen LogP contribution in [-0.2, 0) is 20.9 Å². The molecule has 3 aromatic heterocycles. The SMILES string of the molecule is O=C1CCC(N2C(=O)c3cccc(NCCCCCCCCCC(=O)N4CCN(c5ccc(-c6ncc(NCc7ccco7)n7cnnc67)cc5)CC4)c3C2=O)C(=O)N1. The number of hydrogen-bond donors (Lipinski definition) is 3. The summed E-state index contributed by atoms with van der Waals surface area (Å²) in [5.74, 6) is -0.210. The molecule has 0 saturated carbocycles. The minimum Gasteiger partial charge on any atom is -0.467 e. The van der Waals surface area contributed by atoms with Gasteiger partial charge < -0.3 is 24.9 Å². The molecular weight excluding hydrogens is 753 g/mol. The summed E-state index contributed by atoms with van der Waals surface area (Å²) in [7, 11) is 0. The van der Waals surface area contributed by atoms with Gasteiger partial charge in [0.15, 0.2) is 5.65 Å².